The molecule has 1 atom stereocenters. The number of nitro groups is 1. The predicted octanol–water partition coefficient (Wildman–Crippen LogP) is -0.364. The Kier molecular flexibility index (Phi) is 6.96. The van der Waals surface area contributed by atoms with Crippen molar-refractivity contribution in [2.45, 2.75) is 17.4 Å². The minimum Gasteiger partial charge on any atom is -0.480 e. The molecule has 2 amide bonds. The highest BCUT2D eigenvalue weighted by molar-refractivity contribution is 7.97. The molecule has 0 radical (unpaired) electrons. The van der Waals surface area contributed by atoms with Crippen LogP contribution in [0.4, 0.5) is 5.69 Å². The molecule has 1 rings (SSSR count). The van der Waals surface area contributed by atoms with Crippen LogP contribution >= 0.6 is 11.9 Å². The van der Waals surface area contributed by atoms with Gasteiger partial charge in [0.1, 0.15) is 17.5 Å². The second-order valence-corrected chi connectivity index (χ2v) is 5.16. The smallest absolute Gasteiger partial charge is 0.322 e. The van der Waals surface area contributed by atoms with Gasteiger partial charge in [0, 0.05) is 6.07 Å². The number of carbonyl (C=O) groups is 3. The van der Waals surface area contributed by atoms with Crippen LogP contribution in [0.15, 0.2) is 29.2 Å². The summed E-state index contributed by atoms with van der Waals surface area (Å²) in [5.74, 6) is -2.78. The van der Waals surface area contributed by atoms with Crippen molar-refractivity contribution in [2.75, 3.05) is 6.54 Å². The van der Waals surface area contributed by atoms with E-state index in [-0.39, 0.29) is 17.0 Å². The Labute approximate surface area is 134 Å². The molecule has 0 aromatic heterocycles. The molecule has 0 spiro atoms. The minimum absolute atomic E-state index is 0.172. The highest BCUT2D eigenvalue weighted by atomic mass is 32.2. The quantitative estimate of drug-likeness (QED) is 0.268. The number of nitrogens with one attached hydrogen (secondary N) is 2. The van der Waals surface area contributed by atoms with Gasteiger partial charge < -0.3 is 16.2 Å². The highest BCUT2D eigenvalue weighted by Gasteiger charge is 2.23. The SMILES string of the molecule is NC(=O)C[C@H](NSc1ccccc1[N+](=O)[O-])C(=O)NCC(=O)O. The predicted molar refractivity (Wildman–Crippen MR) is 80.3 cm³/mol. The molecule has 0 heterocycles. The van der Waals surface area contributed by atoms with E-state index in [9.17, 15) is 24.5 Å². The normalized spacial score (nSPS) is 11.5. The summed E-state index contributed by atoms with van der Waals surface area (Å²) in [6.45, 7) is -0.619. The Bertz CT molecular complexity index is 623. The maximum Gasteiger partial charge on any atom is 0.322 e. The average Bonchev–Trinajstić information content (AvgIpc) is 2.48. The number of nitrogens with zero attached hydrogens (tertiary/aromatic N) is 1. The number of carbonyl (C=O) groups excluding carboxylic acids is 2. The number of amides is 2. The van der Waals surface area contributed by atoms with Gasteiger partial charge in [-0.1, -0.05) is 12.1 Å². The number of hydrogen-bond donors (Lipinski definition) is 4. The average molecular weight is 342 g/mol. The van der Waals surface area contributed by atoms with E-state index in [1.54, 1.807) is 6.07 Å². The number of carboxylic acid groups (broad SMARTS) is 1. The standard InChI is InChI=1S/C12H14N4O6S/c13-10(17)5-7(12(20)14-6-11(18)19)15-23-9-4-2-1-3-8(9)16(21)22/h1-4,7,15H,5-6H2,(H2,13,17)(H,14,20)(H,18,19)/t7-/m0/s1. The first kappa shape index (κ1) is 18.4. The molecule has 0 fully saturated rings. The van der Waals surface area contributed by atoms with Gasteiger partial charge in [0.2, 0.25) is 11.8 Å². The fourth-order valence-corrected chi connectivity index (χ4v) is 2.36. The largest absolute Gasteiger partial charge is 0.480 e. The third-order valence-corrected chi connectivity index (χ3v) is 3.48. The molecular formula is C12H14N4O6S. The number of aliphatic carboxylic acids is 1. The van der Waals surface area contributed by atoms with Crippen molar-refractivity contribution < 1.29 is 24.4 Å². The number of benzene rings is 1. The van der Waals surface area contributed by atoms with E-state index in [4.69, 9.17) is 10.8 Å². The Balaban J connectivity index is 2.78. The van der Waals surface area contributed by atoms with Crippen LogP contribution in [0.25, 0.3) is 0 Å². The first-order valence-corrected chi connectivity index (χ1v) is 7.06. The van der Waals surface area contributed by atoms with Crippen LogP contribution in [0.5, 0.6) is 0 Å². The van der Waals surface area contributed by atoms with E-state index >= 15 is 0 Å². The van der Waals surface area contributed by atoms with Gasteiger partial charge in [0.05, 0.1) is 11.3 Å². The van der Waals surface area contributed by atoms with Crippen LogP contribution in [0, 0.1) is 10.1 Å². The zero-order valence-corrected chi connectivity index (χ0v) is 12.5. The van der Waals surface area contributed by atoms with Crippen molar-refractivity contribution in [3.05, 3.63) is 34.4 Å². The van der Waals surface area contributed by atoms with Gasteiger partial charge >= 0.3 is 5.97 Å². The monoisotopic (exact) mass is 342 g/mol. The number of para-hydroxylation sites is 1. The van der Waals surface area contributed by atoms with Crippen molar-refractivity contribution in [1.82, 2.24) is 10.0 Å². The van der Waals surface area contributed by atoms with E-state index in [0.29, 0.717) is 0 Å². The van der Waals surface area contributed by atoms with Gasteiger partial charge in [0.15, 0.2) is 0 Å². The van der Waals surface area contributed by atoms with Gasteiger partial charge in [-0.25, -0.2) is 4.72 Å². The number of carboxylic acids is 1. The van der Waals surface area contributed by atoms with Crippen LogP contribution < -0.4 is 15.8 Å². The Hall–Kier alpha value is -2.66. The first-order chi connectivity index (χ1) is 10.8. The molecule has 1 aromatic rings. The molecule has 0 saturated heterocycles. The van der Waals surface area contributed by atoms with E-state index in [0.717, 1.165) is 11.9 Å². The molecule has 11 heteroatoms. The summed E-state index contributed by atoms with van der Waals surface area (Å²) in [7, 11) is 0. The summed E-state index contributed by atoms with van der Waals surface area (Å²) in [5.41, 5.74) is 4.87. The fourth-order valence-electron chi connectivity index (χ4n) is 1.50. The van der Waals surface area contributed by atoms with E-state index in [1.807, 2.05) is 0 Å². The second-order valence-electron chi connectivity index (χ2n) is 4.28. The number of nitro benzene ring substituents is 1. The molecule has 0 aliphatic heterocycles. The summed E-state index contributed by atoms with van der Waals surface area (Å²) in [6, 6.07) is 4.69. The lowest BCUT2D eigenvalue weighted by Crippen LogP contribution is -2.45. The number of nitrogens with two attached hydrogens (primary N) is 1. The maximum atomic E-state index is 11.8. The van der Waals surface area contributed by atoms with Crippen molar-refractivity contribution in [3.8, 4) is 0 Å². The van der Waals surface area contributed by atoms with E-state index in [1.165, 1.54) is 18.2 Å². The van der Waals surface area contributed by atoms with Crippen LogP contribution in [0.2, 0.25) is 0 Å². The van der Waals surface area contributed by atoms with Crippen molar-refractivity contribution in [3.63, 3.8) is 0 Å². The van der Waals surface area contributed by atoms with E-state index < -0.39 is 35.3 Å². The molecule has 0 saturated carbocycles. The second kappa shape index (κ2) is 8.70. The fraction of sp³-hybridized carbons (Fsp3) is 0.250. The van der Waals surface area contributed by atoms with Crippen LogP contribution in [-0.4, -0.2) is 40.4 Å². The zero-order valence-electron chi connectivity index (χ0n) is 11.7. The molecule has 23 heavy (non-hydrogen) atoms. The molecule has 1 aromatic carbocycles. The lowest BCUT2D eigenvalue weighted by atomic mass is 10.2. The lowest BCUT2D eigenvalue weighted by molar-refractivity contribution is -0.387. The van der Waals surface area contributed by atoms with Crippen molar-refractivity contribution in [1.29, 1.82) is 0 Å². The maximum absolute atomic E-state index is 11.8. The summed E-state index contributed by atoms with van der Waals surface area (Å²) in [6.07, 6.45) is -0.390. The van der Waals surface area contributed by atoms with Crippen molar-refractivity contribution in [2.24, 2.45) is 5.73 Å². The molecule has 10 nitrogen and oxygen atoms in total. The van der Waals surface area contributed by atoms with E-state index in [2.05, 4.69) is 10.0 Å². The third-order valence-electron chi connectivity index (χ3n) is 2.51. The Morgan fingerprint density at radius 1 is 1.35 bits per heavy atom. The first-order valence-electron chi connectivity index (χ1n) is 6.25. The zero-order chi connectivity index (χ0) is 17.4. The van der Waals surface area contributed by atoms with Gasteiger partial charge in [-0.3, -0.25) is 24.5 Å². The molecule has 0 bridgehead atoms. The minimum atomic E-state index is -1.25. The van der Waals surface area contributed by atoms with Gasteiger partial charge in [-0.2, -0.15) is 0 Å². The number of rotatable bonds is 9. The molecule has 5 N–H and O–H groups in total. The van der Waals surface area contributed by atoms with Gasteiger partial charge in [-0.15, -0.1) is 0 Å². The molecule has 124 valence electrons. The van der Waals surface area contributed by atoms with Gasteiger partial charge in [-0.05, 0) is 18.0 Å². The Morgan fingerprint density at radius 2 is 2.00 bits per heavy atom. The summed E-state index contributed by atoms with van der Waals surface area (Å²) >= 11 is 0.780. The van der Waals surface area contributed by atoms with Crippen LogP contribution in [0.3, 0.4) is 0 Å². The topological polar surface area (TPSA) is 165 Å². The third kappa shape index (κ3) is 6.32. The molecular weight excluding hydrogens is 328 g/mol. The van der Waals surface area contributed by atoms with Crippen molar-refractivity contribution >= 4 is 35.4 Å². The highest BCUT2D eigenvalue weighted by Crippen LogP contribution is 2.27. The summed E-state index contributed by atoms with van der Waals surface area (Å²) < 4.78 is 2.59. The number of primary amides is 1. The Morgan fingerprint density at radius 3 is 2.57 bits per heavy atom. The molecule has 0 unspecified atom stereocenters. The number of hydrogen-bond acceptors (Lipinski definition) is 7. The van der Waals surface area contributed by atoms with Gasteiger partial charge in [0.25, 0.3) is 5.69 Å². The summed E-state index contributed by atoms with van der Waals surface area (Å²) in [5, 5.41) is 21.5. The summed E-state index contributed by atoms with van der Waals surface area (Å²) in [4.78, 5) is 43.8. The lowest BCUT2D eigenvalue weighted by Gasteiger charge is -2.15. The van der Waals surface area contributed by atoms with Crippen LogP contribution in [0.1, 0.15) is 6.42 Å². The van der Waals surface area contributed by atoms with Crippen LogP contribution in [-0.2, 0) is 14.4 Å². The molecule has 0 aliphatic carbocycles. The molecule has 0 aliphatic rings.